The third-order valence-corrected chi connectivity index (χ3v) is 8.94. The van der Waals surface area contributed by atoms with Crippen LogP contribution in [0.25, 0.3) is 0 Å². The number of ether oxygens (including phenoxy) is 1. The summed E-state index contributed by atoms with van der Waals surface area (Å²) in [6.07, 6.45) is 5.57. The third kappa shape index (κ3) is 6.45. The summed E-state index contributed by atoms with van der Waals surface area (Å²) in [7, 11) is 0. The lowest BCUT2D eigenvalue weighted by molar-refractivity contribution is -0.162. The van der Waals surface area contributed by atoms with Crippen molar-refractivity contribution < 1.29 is 29.3 Å². The topological polar surface area (TPSA) is 119 Å². The number of piperidine rings is 1. The zero-order valence-corrected chi connectivity index (χ0v) is 24.1. The molecule has 222 valence electrons. The quantitative estimate of drug-likeness (QED) is 0.409. The predicted octanol–water partition coefficient (Wildman–Crippen LogP) is 3.95. The summed E-state index contributed by atoms with van der Waals surface area (Å²) in [5.74, 6) is 5.84. The molecule has 5 rings (SSSR count). The number of hydrogen-bond acceptors (Lipinski definition) is 6. The molecule has 1 aliphatic carbocycles. The van der Waals surface area contributed by atoms with Crippen LogP contribution in [0, 0.1) is 11.8 Å². The molecule has 2 amide bonds. The number of piperazine rings is 1. The molecular weight excluding hydrogens is 534 g/mol. The highest BCUT2D eigenvalue weighted by atomic mass is 16.5. The molecule has 0 radical (unpaired) electrons. The molecule has 2 saturated heterocycles. The molecule has 1 saturated carbocycles. The Labute approximate surface area is 246 Å². The van der Waals surface area contributed by atoms with Crippen LogP contribution in [0.2, 0.25) is 0 Å². The highest BCUT2D eigenvalue weighted by molar-refractivity contribution is 6.00. The molecule has 2 aromatic rings. The van der Waals surface area contributed by atoms with Gasteiger partial charge in [0.1, 0.15) is 23.1 Å². The van der Waals surface area contributed by atoms with Crippen LogP contribution < -0.4 is 10.1 Å². The maximum absolute atomic E-state index is 13.7. The van der Waals surface area contributed by atoms with Gasteiger partial charge in [-0.25, -0.2) is 4.79 Å². The van der Waals surface area contributed by atoms with Gasteiger partial charge in [-0.3, -0.25) is 14.5 Å². The smallest absolute Gasteiger partial charge is 0.335 e. The Morgan fingerprint density at radius 1 is 0.976 bits per heavy atom. The Morgan fingerprint density at radius 3 is 2.19 bits per heavy atom. The summed E-state index contributed by atoms with van der Waals surface area (Å²) in [5, 5.41) is 23.2. The second kappa shape index (κ2) is 12.6. The van der Waals surface area contributed by atoms with Crippen molar-refractivity contribution >= 4 is 17.8 Å². The Morgan fingerprint density at radius 2 is 1.60 bits per heavy atom. The van der Waals surface area contributed by atoms with Gasteiger partial charge in [0.25, 0.3) is 0 Å². The number of aliphatic hydroxyl groups is 1. The van der Waals surface area contributed by atoms with E-state index in [0.717, 1.165) is 24.8 Å². The first kappa shape index (κ1) is 29.6. The number of amides is 2. The number of aromatic carboxylic acids is 1. The van der Waals surface area contributed by atoms with Gasteiger partial charge >= 0.3 is 5.97 Å². The standard InChI is InChI=1S/C33H39N3O6/c1-2-3-19-36-29(37)28(22-32(41)15-5-4-6-16-32)34-31(40)33(36)17-20-35(21-18-33)23-24-7-11-26(12-8-24)42-27-13-9-25(10-14-27)30(38)39/h7-14,28,41H,4-6,15-23H2,1H3,(H,34,40)(H,38,39)/t28-/m1/s1. The lowest BCUT2D eigenvalue weighted by atomic mass is 9.77. The van der Waals surface area contributed by atoms with E-state index in [2.05, 4.69) is 22.1 Å². The highest BCUT2D eigenvalue weighted by Crippen LogP contribution is 2.37. The van der Waals surface area contributed by atoms with Crippen molar-refractivity contribution in [3.63, 3.8) is 0 Å². The molecule has 3 N–H and O–H groups in total. The number of carbonyl (C=O) groups is 3. The lowest BCUT2D eigenvalue weighted by Gasteiger charge is -2.51. The van der Waals surface area contributed by atoms with Gasteiger partial charge in [0.15, 0.2) is 0 Å². The Balaban J connectivity index is 1.20. The minimum absolute atomic E-state index is 0.137. The molecule has 0 aromatic heterocycles. The fourth-order valence-corrected chi connectivity index (χ4v) is 6.50. The first-order valence-electron chi connectivity index (χ1n) is 14.8. The van der Waals surface area contributed by atoms with Crippen LogP contribution in [0.15, 0.2) is 48.5 Å². The zero-order chi connectivity index (χ0) is 29.7. The molecule has 3 aliphatic rings. The van der Waals surface area contributed by atoms with E-state index in [1.807, 2.05) is 24.3 Å². The minimum Gasteiger partial charge on any atom is -0.478 e. The SMILES string of the molecule is CC#CCN1C(=O)[C@@H](CC2(O)CCCCC2)NC(=O)C12CCN(Cc1ccc(Oc3ccc(C(=O)O)cc3)cc1)CC2. The van der Waals surface area contributed by atoms with Gasteiger partial charge in [-0.15, -0.1) is 5.92 Å². The van der Waals surface area contributed by atoms with Gasteiger partial charge < -0.3 is 25.2 Å². The number of nitrogens with one attached hydrogen (secondary N) is 1. The molecule has 2 heterocycles. The summed E-state index contributed by atoms with van der Waals surface area (Å²) < 4.78 is 5.85. The lowest BCUT2D eigenvalue weighted by Crippen LogP contribution is -2.73. The summed E-state index contributed by atoms with van der Waals surface area (Å²) in [6.45, 7) is 3.94. The number of carboxylic acid groups (broad SMARTS) is 1. The molecule has 2 aliphatic heterocycles. The Kier molecular flexibility index (Phi) is 8.85. The van der Waals surface area contributed by atoms with Crippen LogP contribution in [0.5, 0.6) is 11.5 Å². The molecule has 3 fully saturated rings. The normalized spacial score (nSPS) is 21.8. The van der Waals surface area contributed by atoms with E-state index in [0.29, 0.717) is 56.8 Å². The van der Waals surface area contributed by atoms with Crippen molar-refractivity contribution in [2.24, 2.45) is 0 Å². The second-order valence-corrected chi connectivity index (χ2v) is 11.7. The summed E-state index contributed by atoms with van der Waals surface area (Å²) in [4.78, 5) is 42.4. The van der Waals surface area contributed by atoms with Crippen molar-refractivity contribution in [3.8, 4) is 23.3 Å². The van der Waals surface area contributed by atoms with Crippen molar-refractivity contribution in [1.29, 1.82) is 0 Å². The van der Waals surface area contributed by atoms with E-state index in [4.69, 9.17) is 9.84 Å². The number of carbonyl (C=O) groups excluding carboxylic acids is 2. The average Bonchev–Trinajstić information content (AvgIpc) is 2.98. The van der Waals surface area contributed by atoms with Crippen LogP contribution in [0.1, 0.15) is 74.2 Å². The van der Waals surface area contributed by atoms with Gasteiger partial charge in [-0.1, -0.05) is 37.3 Å². The molecule has 9 heteroatoms. The molecule has 1 atom stereocenters. The maximum Gasteiger partial charge on any atom is 0.335 e. The van der Waals surface area contributed by atoms with Crippen LogP contribution in [0.4, 0.5) is 0 Å². The van der Waals surface area contributed by atoms with Crippen molar-refractivity contribution in [2.75, 3.05) is 19.6 Å². The van der Waals surface area contributed by atoms with Gasteiger partial charge in [0.05, 0.1) is 17.7 Å². The van der Waals surface area contributed by atoms with E-state index in [9.17, 15) is 19.5 Å². The number of carboxylic acids is 1. The largest absolute Gasteiger partial charge is 0.478 e. The van der Waals surface area contributed by atoms with E-state index in [1.54, 1.807) is 24.0 Å². The predicted molar refractivity (Wildman–Crippen MR) is 157 cm³/mol. The first-order valence-corrected chi connectivity index (χ1v) is 14.8. The van der Waals surface area contributed by atoms with Gasteiger partial charge in [-0.05, 0) is 74.6 Å². The van der Waals surface area contributed by atoms with Crippen LogP contribution >= 0.6 is 0 Å². The fourth-order valence-electron chi connectivity index (χ4n) is 6.50. The monoisotopic (exact) mass is 573 g/mol. The average molecular weight is 574 g/mol. The third-order valence-electron chi connectivity index (χ3n) is 8.94. The van der Waals surface area contributed by atoms with Crippen LogP contribution in [-0.4, -0.2) is 74.6 Å². The zero-order valence-electron chi connectivity index (χ0n) is 24.1. The van der Waals surface area contributed by atoms with E-state index < -0.39 is 23.2 Å². The molecule has 2 aromatic carbocycles. The van der Waals surface area contributed by atoms with E-state index in [1.165, 1.54) is 12.1 Å². The van der Waals surface area contributed by atoms with Crippen LogP contribution in [-0.2, 0) is 16.1 Å². The van der Waals surface area contributed by atoms with Crippen LogP contribution in [0.3, 0.4) is 0 Å². The van der Waals surface area contributed by atoms with Crippen molar-refractivity contribution in [2.45, 2.75) is 82.0 Å². The van der Waals surface area contributed by atoms with Gasteiger partial charge in [0, 0.05) is 26.1 Å². The van der Waals surface area contributed by atoms with Gasteiger partial charge in [0.2, 0.25) is 11.8 Å². The first-order chi connectivity index (χ1) is 20.2. The van der Waals surface area contributed by atoms with Crippen molar-refractivity contribution in [1.82, 2.24) is 15.1 Å². The maximum atomic E-state index is 13.7. The van der Waals surface area contributed by atoms with E-state index in [-0.39, 0.29) is 30.3 Å². The van der Waals surface area contributed by atoms with Crippen molar-refractivity contribution in [3.05, 3.63) is 59.7 Å². The number of benzene rings is 2. The van der Waals surface area contributed by atoms with E-state index >= 15 is 0 Å². The minimum atomic E-state index is -0.980. The summed E-state index contributed by atoms with van der Waals surface area (Å²) >= 11 is 0. The molecular formula is C33H39N3O6. The molecule has 0 bridgehead atoms. The molecule has 42 heavy (non-hydrogen) atoms. The second-order valence-electron chi connectivity index (χ2n) is 11.7. The number of likely N-dealkylation sites (tertiary alicyclic amines) is 1. The summed E-state index contributed by atoms with van der Waals surface area (Å²) in [6, 6.07) is 13.3. The van der Waals surface area contributed by atoms with Gasteiger partial charge in [-0.2, -0.15) is 0 Å². The molecule has 0 unspecified atom stereocenters. The number of hydrogen-bond donors (Lipinski definition) is 3. The summed E-state index contributed by atoms with van der Waals surface area (Å²) in [5.41, 5.74) is -0.543. The Bertz CT molecular complexity index is 1350. The Hall–Kier alpha value is -3.87. The number of nitrogens with zero attached hydrogens (tertiary/aromatic N) is 2. The molecule has 9 nitrogen and oxygen atoms in total. The number of rotatable bonds is 8. The molecule has 1 spiro atoms. The highest BCUT2D eigenvalue weighted by Gasteiger charge is 2.54. The fraction of sp³-hybridized carbons (Fsp3) is 0.485.